The quantitative estimate of drug-likeness (QED) is 0.308. The van der Waals surface area contributed by atoms with Crippen LogP contribution >= 0.6 is 35.3 Å². The van der Waals surface area contributed by atoms with Gasteiger partial charge in [0.05, 0.1) is 5.01 Å². The van der Waals surface area contributed by atoms with Gasteiger partial charge in [-0.1, -0.05) is 0 Å². The Morgan fingerprint density at radius 3 is 2.47 bits per heavy atom. The molecular formula is C19H29IN8OS. The fourth-order valence-electron chi connectivity index (χ4n) is 3.08. The maximum atomic E-state index is 12.5. The number of aliphatic imine (C=N–C) groups is 1. The molecule has 9 nitrogen and oxygen atoms in total. The topological polar surface area (TPSA) is 98.6 Å². The zero-order valence-electron chi connectivity index (χ0n) is 17.4. The summed E-state index contributed by atoms with van der Waals surface area (Å²) in [4.78, 5) is 34.8. The van der Waals surface area contributed by atoms with Gasteiger partial charge in [-0.3, -0.25) is 9.79 Å². The predicted octanol–water partition coefficient (Wildman–Crippen LogP) is 1.31. The Balaban J connectivity index is 0.00000320. The summed E-state index contributed by atoms with van der Waals surface area (Å²) >= 11 is 1.71. The fraction of sp³-hybridized carbons (Fsp3) is 0.526. The average Bonchev–Trinajstić information content (AvgIpc) is 3.18. The molecule has 0 aromatic carbocycles. The molecule has 0 aliphatic carbocycles. The molecule has 0 unspecified atom stereocenters. The molecule has 3 rings (SSSR count). The van der Waals surface area contributed by atoms with E-state index in [4.69, 9.17) is 0 Å². The van der Waals surface area contributed by atoms with Crippen LogP contribution in [0.1, 0.15) is 16.3 Å². The number of hydrogen-bond acceptors (Lipinski definition) is 7. The van der Waals surface area contributed by atoms with Crippen LogP contribution in [0.5, 0.6) is 0 Å². The Labute approximate surface area is 198 Å². The number of aromatic nitrogens is 3. The van der Waals surface area contributed by atoms with E-state index in [1.165, 1.54) is 4.88 Å². The van der Waals surface area contributed by atoms with Gasteiger partial charge in [-0.2, -0.15) is 0 Å². The number of carbonyl (C=O) groups excluding carboxylic acids is 1. The zero-order chi connectivity index (χ0) is 20.5. The van der Waals surface area contributed by atoms with Crippen molar-refractivity contribution in [3.05, 3.63) is 34.5 Å². The molecule has 2 N–H and O–H groups in total. The molecule has 30 heavy (non-hydrogen) atoms. The van der Waals surface area contributed by atoms with Crippen molar-refractivity contribution in [3.8, 4) is 0 Å². The second-order valence-corrected chi connectivity index (χ2v) is 8.03. The average molecular weight is 544 g/mol. The first-order valence-corrected chi connectivity index (χ1v) is 10.6. The molecule has 0 atom stereocenters. The Morgan fingerprint density at radius 1 is 1.13 bits per heavy atom. The number of halogens is 1. The highest BCUT2D eigenvalue weighted by Crippen LogP contribution is 2.11. The van der Waals surface area contributed by atoms with E-state index in [1.54, 1.807) is 36.8 Å². The number of hydrogen-bond donors (Lipinski definition) is 2. The molecule has 1 amide bonds. The molecule has 3 heterocycles. The maximum Gasteiger partial charge on any atom is 0.225 e. The van der Waals surface area contributed by atoms with Gasteiger partial charge in [0.15, 0.2) is 5.96 Å². The number of nitrogens with zero attached hydrogens (tertiary/aromatic N) is 6. The number of amides is 1. The number of aryl methyl sites for hydroxylation is 1. The number of anilines is 1. The van der Waals surface area contributed by atoms with E-state index in [0.717, 1.165) is 37.0 Å². The lowest BCUT2D eigenvalue weighted by Crippen LogP contribution is -2.50. The smallest absolute Gasteiger partial charge is 0.225 e. The van der Waals surface area contributed by atoms with E-state index in [2.05, 4.69) is 42.4 Å². The number of nitrogens with one attached hydrogen (secondary N) is 2. The van der Waals surface area contributed by atoms with Gasteiger partial charge >= 0.3 is 0 Å². The molecule has 1 fully saturated rings. The van der Waals surface area contributed by atoms with Crippen LogP contribution in [0.25, 0.3) is 0 Å². The largest absolute Gasteiger partial charge is 0.356 e. The van der Waals surface area contributed by atoms with Crippen LogP contribution in [0.2, 0.25) is 0 Å². The van der Waals surface area contributed by atoms with Gasteiger partial charge in [0.1, 0.15) is 0 Å². The monoisotopic (exact) mass is 544 g/mol. The number of guanidine groups is 1. The minimum atomic E-state index is 0. The summed E-state index contributed by atoms with van der Waals surface area (Å²) in [7, 11) is 1.73. The van der Waals surface area contributed by atoms with Crippen molar-refractivity contribution in [2.24, 2.45) is 4.99 Å². The van der Waals surface area contributed by atoms with Gasteiger partial charge in [0.25, 0.3) is 0 Å². The summed E-state index contributed by atoms with van der Waals surface area (Å²) in [5, 5.41) is 7.59. The van der Waals surface area contributed by atoms with E-state index in [-0.39, 0.29) is 29.9 Å². The molecule has 0 bridgehead atoms. The van der Waals surface area contributed by atoms with Crippen molar-refractivity contribution < 1.29 is 4.79 Å². The van der Waals surface area contributed by atoms with E-state index in [0.29, 0.717) is 32.0 Å². The van der Waals surface area contributed by atoms with Crippen molar-refractivity contribution in [1.29, 1.82) is 0 Å². The van der Waals surface area contributed by atoms with Crippen LogP contribution in [-0.2, 0) is 11.2 Å². The third kappa shape index (κ3) is 7.35. The second kappa shape index (κ2) is 12.6. The normalized spacial score (nSPS) is 14.3. The van der Waals surface area contributed by atoms with Gasteiger partial charge in [0, 0.05) is 82.6 Å². The van der Waals surface area contributed by atoms with Gasteiger partial charge in [-0.25, -0.2) is 15.0 Å². The van der Waals surface area contributed by atoms with Crippen LogP contribution in [0.3, 0.4) is 0 Å². The minimum Gasteiger partial charge on any atom is -0.356 e. The van der Waals surface area contributed by atoms with Crippen LogP contribution in [0.4, 0.5) is 5.95 Å². The van der Waals surface area contributed by atoms with Crippen LogP contribution < -0.4 is 15.5 Å². The Hall–Kier alpha value is -2.02. The van der Waals surface area contributed by atoms with E-state index >= 15 is 0 Å². The highest BCUT2D eigenvalue weighted by atomic mass is 127. The lowest BCUT2D eigenvalue weighted by molar-refractivity contribution is -0.131. The molecule has 1 aliphatic rings. The van der Waals surface area contributed by atoms with E-state index in [1.807, 2.05) is 11.1 Å². The van der Waals surface area contributed by atoms with Crippen molar-refractivity contribution in [3.63, 3.8) is 0 Å². The summed E-state index contributed by atoms with van der Waals surface area (Å²) in [6.45, 7) is 6.25. The molecule has 2 aromatic heterocycles. The second-order valence-electron chi connectivity index (χ2n) is 6.71. The maximum absolute atomic E-state index is 12.5. The van der Waals surface area contributed by atoms with Gasteiger partial charge in [0.2, 0.25) is 11.9 Å². The molecule has 0 spiro atoms. The molecule has 0 saturated carbocycles. The summed E-state index contributed by atoms with van der Waals surface area (Å²) < 4.78 is 0. The third-order valence-corrected chi connectivity index (χ3v) is 5.60. The van der Waals surface area contributed by atoms with Crippen molar-refractivity contribution >= 4 is 53.1 Å². The van der Waals surface area contributed by atoms with Gasteiger partial charge < -0.3 is 20.4 Å². The van der Waals surface area contributed by atoms with E-state index in [9.17, 15) is 4.79 Å². The van der Waals surface area contributed by atoms with Gasteiger partial charge in [-0.05, 0) is 13.0 Å². The number of piperazine rings is 1. The molecule has 11 heteroatoms. The fourth-order valence-corrected chi connectivity index (χ4v) is 3.87. The van der Waals surface area contributed by atoms with Gasteiger partial charge in [-0.15, -0.1) is 35.3 Å². The molecule has 1 saturated heterocycles. The Morgan fingerprint density at radius 2 is 1.83 bits per heavy atom. The van der Waals surface area contributed by atoms with Crippen molar-refractivity contribution in [2.75, 3.05) is 51.2 Å². The number of rotatable bonds is 7. The highest BCUT2D eigenvalue weighted by Gasteiger charge is 2.22. The van der Waals surface area contributed by atoms with Crippen LogP contribution in [0, 0.1) is 6.92 Å². The summed E-state index contributed by atoms with van der Waals surface area (Å²) in [6.07, 6.45) is 6.67. The third-order valence-electron chi connectivity index (χ3n) is 4.62. The SMILES string of the molecule is CN=C(NCCC(=O)N1CCN(c2ncccn2)CC1)NCCc1ncc(C)s1.I. The first-order chi connectivity index (χ1) is 14.2. The lowest BCUT2D eigenvalue weighted by Gasteiger charge is -2.34. The predicted molar refractivity (Wildman–Crippen MR) is 131 cm³/mol. The molecule has 164 valence electrons. The van der Waals surface area contributed by atoms with E-state index < -0.39 is 0 Å². The van der Waals surface area contributed by atoms with Crippen molar-refractivity contribution in [2.45, 2.75) is 19.8 Å². The zero-order valence-corrected chi connectivity index (χ0v) is 20.5. The van der Waals surface area contributed by atoms with Crippen molar-refractivity contribution in [1.82, 2.24) is 30.5 Å². The number of carbonyl (C=O) groups is 1. The van der Waals surface area contributed by atoms with Crippen LogP contribution in [0.15, 0.2) is 29.6 Å². The highest BCUT2D eigenvalue weighted by molar-refractivity contribution is 14.0. The lowest BCUT2D eigenvalue weighted by atomic mass is 10.3. The Bertz CT molecular complexity index is 808. The van der Waals surface area contributed by atoms with Crippen LogP contribution in [-0.4, -0.2) is 78.0 Å². The molecule has 1 aliphatic heterocycles. The minimum absolute atomic E-state index is 0. The Kier molecular flexibility index (Phi) is 10.2. The summed E-state index contributed by atoms with van der Waals surface area (Å²) in [5.74, 6) is 1.58. The molecule has 2 aromatic rings. The number of thiazole rings is 1. The molecule has 0 radical (unpaired) electrons. The standard InChI is InChI=1S/C19H28N8OS.HI/c1-15-14-25-16(29-15)4-8-21-18(20-2)22-9-5-17(28)26-10-12-27(13-11-26)19-23-6-3-7-24-19;/h3,6-7,14H,4-5,8-13H2,1-2H3,(H2,20,21,22);1H. The first-order valence-electron chi connectivity index (χ1n) is 9.81. The molecular weight excluding hydrogens is 515 g/mol. The first kappa shape index (κ1) is 24.3. The summed E-state index contributed by atoms with van der Waals surface area (Å²) in [5.41, 5.74) is 0. The summed E-state index contributed by atoms with van der Waals surface area (Å²) in [6, 6.07) is 1.80.